The molecular weight excluding hydrogens is 250 g/mol. The highest BCUT2D eigenvalue weighted by Crippen LogP contribution is 2.30. The molecule has 0 unspecified atom stereocenters. The van der Waals surface area contributed by atoms with Crippen molar-refractivity contribution in [3.05, 3.63) is 22.8 Å². The summed E-state index contributed by atoms with van der Waals surface area (Å²) in [4.78, 5) is 11.9. The molecule has 4 heteroatoms. The monoisotopic (exact) mass is 277 g/mol. The molecule has 1 aromatic heterocycles. The maximum absolute atomic E-state index is 5.38. The van der Waals surface area contributed by atoms with Crippen molar-refractivity contribution in [2.75, 3.05) is 26.3 Å². The zero-order valence-corrected chi connectivity index (χ0v) is 13.5. The predicted molar refractivity (Wildman–Crippen MR) is 80.9 cm³/mol. The van der Waals surface area contributed by atoms with Gasteiger partial charge in [-0.1, -0.05) is 20.8 Å². The van der Waals surface area contributed by atoms with Crippen molar-refractivity contribution in [2.45, 2.75) is 53.0 Å². The van der Waals surface area contributed by atoms with Crippen LogP contribution in [0.4, 0.5) is 0 Å². The van der Waals surface area contributed by atoms with E-state index in [0.717, 1.165) is 56.5 Å². The molecule has 0 aliphatic carbocycles. The maximum atomic E-state index is 5.38. The van der Waals surface area contributed by atoms with Crippen molar-refractivity contribution in [1.29, 1.82) is 0 Å². The third kappa shape index (κ3) is 3.36. The lowest BCUT2D eigenvalue weighted by molar-refractivity contribution is 0.0330. The van der Waals surface area contributed by atoms with Crippen LogP contribution >= 0.6 is 0 Å². The van der Waals surface area contributed by atoms with Crippen molar-refractivity contribution in [3.8, 4) is 0 Å². The second-order valence-corrected chi connectivity index (χ2v) is 6.31. The van der Waals surface area contributed by atoms with Crippen molar-refractivity contribution >= 4 is 0 Å². The lowest BCUT2D eigenvalue weighted by Gasteiger charge is -2.28. The fourth-order valence-electron chi connectivity index (χ4n) is 2.97. The molecule has 20 heavy (non-hydrogen) atoms. The summed E-state index contributed by atoms with van der Waals surface area (Å²) in [5, 5.41) is 0. The second-order valence-electron chi connectivity index (χ2n) is 6.31. The van der Waals surface area contributed by atoms with Crippen LogP contribution in [0.5, 0.6) is 0 Å². The van der Waals surface area contributed by atoms with E-state index in [1.807, 2.05) is 0 Å². The first-order valence-electron chi connectivity index (χ1n) is 7.58. The second kappa shape index (κ2) is 6.19. The van der Waals surface area contributed by atoms with Gasteiger partial charge in [0.2, 0.25) is 0 Å². The van der Waals surface area contributed by atoms with Gasteiger partial charge in [-0.15, -0.1) is 0 Å². The van der Waals surface area contributed by atoms with Crippen LogP contribution in [0.3, 0.4) is 0 Å². The summed E-state index contributed by atoms with van der Waals surface area (Å²) < 4.78 is 5.38. The third-order valence-corrected chi connectivity index (χ3v) is 4.35. The third-order valence-electron chi connectivity index (χ3n) is 4.35. The molecule has 1 fully saturated rings. The van der Waals surface area contributed by atoms with Crippen molar-refractivity contribution in [3.63, 3.8) is 0 Å². The summed E-state index contributed by atoms with van der Waals surface area (Å²) >= 11 is 0. The van der Waals surface area contributed by atoms with Gasteiger partial charge in [0.05, 0.1) is 19.8 Å². The zero-order chi connectivity index (χ0) is 14.8. The topological polar surface area (TPSA) is 38.2 Å². The molecule has 0 saturated carbocycles. The normalized spacial score (nSPS) is 17.4. The fraction of sp³-hybridized carbons (Fsp3) is 0.750. The summed E-state index contributed by atoms with van der Waals surface area (Å²) in [6.45, 7) is 15.4. The Hall–Kier alpha value is -1.00. The van der Waals surface area contributed by atoms with E-state index in [1.54, 1.807) is 0 Å². The molecule has 112 valence electrons. The summed E-state index contributed by atoms with van der Waals surface area (Å²) in [5.74, 6) is 0.942. The van der Waals surface area contributed by atoms with Crippen LogP contribution in [0.1, 0.15) is 50.0 Å². The number of aromatic nitrogens is 2. The van der Waals surface area contributed by atoms with E-state index in [9.17, 15) is 0 Å². The minimum absolute atomic E-state index is 0.145. The Bertz CT molecular complexity index is 442. The lowest BCUT2D eigenvalue weighted by atomic mass is 9.80. The number of aryl methyl sites for hydroxylation is 2. The summed E-state index contributed by atoms with van der Waals surface area (Å²) in [7, 11) is 0. The van der Waals surface area contributed by atoms with Crippen LogP contribution in [0, 0.1) is 13.8 Å². The summed E-state index contributed by atoms with van der Waals surface area (Å²) in [6, 6.07) is 0. The number of rotatable bonds is 4. The minimum atomic E-state index is 0.145. The zero-order valence-electron chi connectivity index (χ0n) is 13.5. The van der Waals surface area contributed by atoms with Gasteiger partial charge in [0.1, 0.15) is 5.82 Å². The van der Waals surface area contributed by atoms with E-state index in [0.29, 0.717) is 0 Å². The molecule has 0 radical (unpaired) electrons. The van der Waals surface area contributed by atoms with Gasteiger partial charge in [-0.05, 0) is 25.7 Å². The van der Waals surface area contributed by atoms with Crippen LogP contribution in [0.15, 0.2) is 0 Å². The van der Waals surface area contributed by atoms with Crippen molar-refractivity contribution < 1.29 is 4.74 Å². The molecule has 0 amide bonds. The summed E-state index contributed by atoms with van der Waals surface area (Å²) in [6.07, 6.45) is 1.10. The van der Waals surface area contributed by atoms with E-state index in [4.69, 9.17) is 14.7 Å². The van der Waals surface area contributed by atoms with Gasteiger partial charge in [0.15, 0.2) is 0 Å². The van der Waals surface area contributed by atoms with E-state index in [2.05, 4.69) is 39.5 Å². The van der Waals surface area contributed by atoms with Crippen LogP contribution in [-0.4, -0.2) is 41.2 Å². The van der Waals surface area contributed by atoms with E-state index in [1.165, 1.54) is 5.56 Å². The number of hydrogen-bond donors (Lipinski definition) is 0. The van der Waals surface area contributed by atoms with E-state index < -0.39 is 0 Å². The first-order valence-corrected chi connectivity index (χ1v) is 7.58. The van der Waals surface area contributed by atoms with E-state index in [-0.39, 0.29) is 5.41 Å². The average molecular weight is 277 g/mol. The minimum Gasteiger partial charge on any atom is -0.379 e. The predicted octanol–water partition coefficient (Wildman–Crippen LogP) is 2.61. The molecule has 1 aromatic rings. The van der Waals surface area contributed by atoms with Gasteiger partial charge in [-0.25, -0.2) is 9.97 Å². The summed E-state index contributed by atoms with van der Waals surface area (Å²) in [5.41, 5.74) is 3.72. The van der Waals surface area contributed by atoms with Gasteiger partial charge in [-0.2, -0.15) is 0 Å². The largest absolute Gasteiger partial charge is 0.379 e. The van der Waals surface area contributed by atoms with Crippen molar-refractivity contribution in [2.24, 2.45) is 0 Å². The molecule has 0 atom stereocenters. The molecule has 2 heterocycles. The molecule has 0 N–H and O–H groups in total. The Morgan fingerprint density at radius 1 is 1.10 bits per heavy atom. The molecule has 0 spiro atoms. The lowest BCUT2D eigenvalue weighted by Crippen LogP contribution is -2.36. The molecule has 0 bridgehead atoms. The van der Waals surface area contributed by atoms with Crippen LogP contribution in [0.2, 0.25) is 0 Å². The van der Waals surface area contributed by atoms with Gasteiger partial charge in [0, 0.05) is 30.0 Å². The first-order chi connectivity index (χ1) is 9.44. The molecular formula is C16H27N3O. The van der Waals surface area contributed by atoms with Gasteiger partial charge < -0.3 is 4.74 Å². The fourth-order valence-corrected chi connectivity index (χ4v) is 2.97. The van der Waals surface area contributed by atoms with E-state index >= 15 is 0 Å². The van der Waals surface area contributed by atoms with Crippen LogP contribution in [-0.2, 0) is 16.7 Å². The maximum Gasteiger partial charge on any atom is 0.142 e. The highest BCUT2D eigenvalue weighted by Gasteiger charge is 2.25. The number of morpholine rings is 1. The molecule has 0 aromatic carbocycles. The Morgan fingerprint density at radius 3 is 2.15 bits per heavy atom. The highest BCUT2D eigenvalue weighted by molar-refractivity contribution is 5.31. The standard InChI is InChI=1S/C16H27N3O/c1-6-16(4,5)15-12(2)17-14(18-13(15)3)11-19-7-9-20-10-8-19/h6-11H2,1-5H3. The first kappa shape index (κ1) is 15.4. The Balaban J connectivity index is 2.21. The molecule has 1 aliphatic heterocycles. The SMILES string of the molecule is CCC(C)(C)c1c(C)nc(CN2CCOCC2)nc1C. The number of hydrogen-bond acceptors (Lipinski definition) is 4. The number of nitrogens with zero attached hydrogens (tertiary/aromatic N) is 3. The smallest absolute Gasteiger partial charge is 0.142 e. The average Bonchev–Trinajstić information content (AvgIpc) is 2.38. The van der Waals surface area contributed by atoms with Gasteiger partial charge in [-0.3, -0.25) is 4.90 Å². The van der Waals surface area contributed by atoms with Gasteiger partial charge >= 0.3 is 0 Å². The number of ether oxygens (including phenoxy) is 1. The Morgan fingerprint density at radius 2 is 1.65 bits per heavy atom. The molecule has 1 saturated heterocycles. The Labute approximate surface area is 122 Å². The Kier molecular flexibility index (Phi) is 4.76. The molecule has 2 rings (SSSR count). The molecule has 4 nitrogen and oxygen atoms in total. The van der Waals surface area contributed by atoms with Crippen LogP contribution < -0.4 is 0 Å². The van der Waals surface area contributed by atoms with Crippen molar-refractivity contribution in [1.82, 2.24) is 14.9 Å². The molecule has 1 aliphatic rings. The quantitative estimate of drug-likeness (QED) is 0.848. The van der Waals surface area contributed by atoms with Crippen LogP contribution in [0.25, 0.3) is 0 Å². The highest BCUT2D eigenvalue weighted by atomic mass is 16.5. The van der Waals surface area contributed by atoms with Gasteiger partial charge in [0.25, 0.3) is 0 Å².